The van der Waals surface area contributed by atoms with Crippen LogP contribution in [0.5, 0.6) is 0 Å². The minimum atomic E-state index is -0.501. The summed E-state index contributed by atoms with van der Waals surface area (Å²) >= 11 is 5.64. The molecule has 0 radical (unpaired) electrons. The van der Waals surface area contributed by atoms with Gasteiger partial charge in [0.05, 0.1) is 0 Å². The van der Waals surface area contributed by atoms with Crippen LogP contribution in [-0.2, 0) is 0 Å². The number of hydrogen-bond donors (Lipinski definition) is 2. The Hall–Kier alpha value is -2.02. The molecule has 2 N–H and O–H groups in total. The van der Waals surface area contributed by atoms with Crippen molar-refractivity contribution in [3.05, 3.63) is 29.2 Å². The van der Waals surface area contributed by atoms with E-state index in [1.54, 1.807) is 18.2 Å². The zero-order valence-corrected chi connectivity index (χ0v) is 8.06. The van der Waals surface area contributed by atoms with Gasteiger partial charge in [0.15, 0.2) is 0 Å². The van der Waals surface area contributed by atoms with E-state index in [0.717, 1.165) is 0 Å². The molecule has 76 valence electrons. The molecule has 0 aliphatic carbocycles. The Kier molecular flexibility index (Phi) is 2.55. The lowest BCUT2D eigenvalue weighted by molar-refractivity contribution is 0.101. The van der Waals surface area contributed by atoms with Gasteiger partial charge in [0.25, 0.3) is 11.7 Å². The van der Waals surface area contributed by atoms with Crippen LogP contribution in [0.25, 0.3) is 0 Å². The first-order valence-corrected chi connectivity index (χ1v) is 4.31. The molecule has 0 bridgehead atoms. The quantitative estimate of drug-likeness (QED) is 0.724. The molecule has 2 aromatic heterocycles. The second-order valence-corrected chi connectivity index (χ2v) is 2.92. The smallest absolute Gasteiger partial charge is 0.298 e. The van der Waals surface area contributed by atoms with Gasteiger partial charge in [-0.2, -0.15) is 5.21 Å². The number of rotatable bonds is 2. The summed E-state index contributed by atoms with van der Waals surface area (Å²) in [5.74, 6) is -0.229. The molecule has 2 heterocycles. The van der Waals surface area contributed by atoms with Crippen molar-refractivity contribution >= 4 is 23.3 Å². The molecule has 2 aromatic rings. The maximum absolute atomic E-state index is 11.4. The van der Waals surface area contributed by atoms with Crippen LogP contribution in [0.15, 0.2) is 18.2 Å². The second kappa shape index (κ2) is 4.01. The van der Waals surface area contributed by atoms with E-state index in [-0.39, 0.29) is 5.82 Å². The summed E-state index contributed by atoms with van der Waals surface area (Å²) in [5.41, 5.74) is 0. The topological polar surface area (TPSA) is 96.5 Å². The Morgan fingerprint density at radius 1 is 1.47 bits per heavy atom. The van der Waals surface area contributed by atoms with Crippen molar-refractivity contribution in [2.24, 2.45) is 0 Å². The number of amides is 1. The Morgan fingerprint density at radius 2 is 2.33 bits per heavy atom. The maximum atomic E-state index is 11.4. The van der Waals surface area contributed by atoms with Crippen LogP contribution in [0.1, 0.15) is 10.6 Å². The Morgan fingerprint density at radius 3 is 3.00 bits per heavy atom. The van der Waals surface area contributed by atoms with Crippen molar-refractivity contribution in [3.63, 3.8) is 0 Å². The van der Waals surface area contributed by atoms with E-state index in [0.29, 0.717) is 11.0 Å². The first-order chi connectivity index (χ1) is 7.25. The Balaban J connectivity index is 2.13. The fourth-order valence-corrected chi connectivity index (χ4v) is 1.07. The van der Waals surface area contributed by atoms with Crippen LogP contribution >= 0.6 is 11.6 Å². The molecule has 0 unspecified atom stereocenters. The molecule has 0 aliphatic rings. The highest BCUT2D eigenvalue weighted by molar-refractivity contribution is 6.29. The van der Waals surface area contributed by atoms with Crippen LogP contribution in [0.2, 0.25) is 5.15 Å². The summed E-state index contributed by atoms with van der Waals surface area (Å²) in [6, 6.07) is 4.87. The number of pyridine rings is 1. The number of anilines is 1. The van der Waals surface area contributed by atoms with E-state index in [2.05, 4.69) is 30.9 Å². The molecule has 0 fully saturated rings. The van der Waals surface area contributed by atoms with Gasteiger partial charge in [-0.1, -0.05) is 17.7 Å². The highest BCUT2D eigenvalue weighted by Gasteiger charge is 2.11. The number of H-pyrrole nitrogens is 1. The van der Waals surface area contributed by atoms with Crippen LogP contribution in [-0.4, -0.2) is 31.5 Å². The zero-order chi connectivity index (χ0) is 10.7. The predicted molar refractivity (Wildman–Crippen MR) is 51.4 cm³/mol. The second-order valence-electron chi connectivity index (χ2n) is 2.54. The number of hydrogen-bond acceptors (Lipinski definition) is 5. The van der Waals surface area contributed by atoms with E-state index in [1.165, 1.54) is 0 Å². The van der Waals surface area contributed by atoms with Crippen LogP contribution in [0.3, 0.4) is 0 Å². The monoisotopic (exact) mass is 224 g/mol. The molecule has 7 nitrogen and oxygen atoms in total. The minimum absolute atomic E-state index is 0.0585. The summed E-state index contributed by atoms with van der Waals surface area (Å²) in [5, 5.41) is 15.2. The molecule has 8 heteroatoms. The summed E-state index contributed by atoms with van der Waals surface area (Å²) < 4.78 is 0. The predicted octanol–water partition coefficient (Wildman–Crippen LogP) is 0.500. The van der Waals surface area contributed by atoms with Crippen molar-refractivity contribution in [1.82, 2.24) is 25.6 Å². The van der Waals surface area contributed by atoms with Gasteiger partial charge in [0, 0.05) is 0 Å². The molecule has 0 saturated carbocycles. The van der Waals surface area contributed by atoms with Gasteiger partial charge < -0.3 is 5.32 Å². The summed E-state index contributed by atoms with van der Waals surface area (Å²) in [4.78, 5) is 15.3. The van der Waals surface area contributed by atoms with Crippen molar-refractivity contribution in [2.45, 2.75) is 0 Å². The normalized spacial score (nSPS) is 9.93. The Bertz CT molecular complexity index is 470. The molecule has 0 aliphatic heterocycles. The standard InChI is InChI=1S/C7H5ClN6O/c8-4-2-1-3-5(9-4)10-7(15)6-11-13-14-12-6/h1-3H,(H,9,10,15)(H,11,12,13,14). The van der Waals surface area contributed by atoms with E-state index in [9.17, 15) is 4.79 Å². The third-order valence-electron chi connectivity index (χ3n) is 1.51. The molecule has 15 heavy (non-hydrogen) atoms. The third kappa shape index (κ3) is 2.26. The SMILES string of the molecule is O=C(Nc1cccc(Cl)n1)c1nn[nH]n1. The van der Waals surface area contributed by atoms with Gasteiger partial charge in [-0.05, 0) is 17.3 Å². The molecule has 0 saturated heterocycles. The first-order valence-electron chi connectivity index (χ1n) is 3.93. The number of carbonyl (C=O) groups excluding carboxylic acids is 1. The molecule has 0 aromatic carbocycles. The summed E-state index contributed by atoms with van der Waals surface area (Å²) in [6.07, 6.45) is 0. The summed E-state index contributed by atoms with van der Waals surface area (Å²) in [7, 11) is 0. The van der Waals surface area contributed by atoms with Gasteiger partial charge >= 0.3 is 0 Å². The number of nitrogens with zero attached hydrogens (tertiary/aromatic N) is 4. The Labute approximate surface area is 88.9 Å². The lowest BCUT2D eigenvalue weighted by atomic mass is 10.4. The molecule has 0 atom stereocenters. The first kappa shape index (κ1) is 9.53. The number of carbonyl (C=O) groups is 1. The minimum Gasteiger partial charge on any atom is -0.304 e. The number of nitrogens with one attached hydrogen (secondary N) is 2. The van der Waals surface area contributed by atoms with Gasteiger partial charge in [0.1, 0.15) is 11.0 Å². The number of tetrazole rings is 1. The zero-order valence-electron chi connectivity index (χ0n) is 7.31. The van der Waals surface area contributed by atoms with Crippen molar-refractivity contribution in [1.29, 1.82) is 0 Å². The summed E-state index contributed by atoms with van der Waals surface area (Å²) in [6.45, 7) is 0. The van der Waals surface area contributed by atoms with E-state index < -0.39 is 5.91 Å². The number of halogens is 1. The molecule has 2 rings (SSSR count). The van der Waals surface area contributed by atoms with E-state index >= 15 is 0 Å². The molecule has 1 amide bonds. The highest BCUT2D eigenvalue weighted by Crippen LogP contribution is 2.09. The van der Waals surface area contributed by atoms with Gasteiger partial charge in [0.2, 0.25) is 0 Å². The highest BCUT2D eigenvalue weighted by atomic mass is 35.5. The van der Waals surface area contributed by atoms with Gasteiger partial charge in [-0.3, -0.25) is 4.79 Å². The molecular formula is C7H5ClN6O. The van der Waals surface area contributed by atoms with Crippen molar-refractivity contribution in [2.75, 3.05) is 5.32 Å². The van der Waals surface area contributed by atoms with Crippen LogP contribution in [0.4, 0.5) is 5.82 Å². The molecular weight excluding hydrogens is 220 g/mol. The third-order valence-corrected chi connectivity index (χ3v) is 1.72. The average molecular weight is 225 g/mol. The van der Waals surface area contributed by atoms with Gasteiger partial charge in [-0.25, -0.2) is 4.98 Å². The number of aromatic amines is 1. The lowest BCUT2D eigenvalue weighted by Gasteiger charge is -2.00. The van der Waals surface area contributed by atoms with Crippen LogP contribution < -0.4 is 5.32 Å². The van der Waals surface area contributed by atoms with E-state index in [1.807, 2.05) is 0 Å². The average Bonchev–Trinajstić information content (AvgIpc) is 2.70. The largest absolute Gasteiger partial charge is 0.304 e. The van der Waals surface area contributed by atoms with Crippen LogP contribution in [0, 0.1) is 0 Å². The number of aromatic nitrogens is 5. The fraction of sp³-hybridized carbons (Fsp3) is 0. The maximum Gasteiger partial charge on any atom is 0.298 e. The van der Waals surface area contributed by atoms with Crippen molar-refractivity contribution in [3.8, 4) is 0 Å². The van der Waals surface area contributed by atoms with E-state index in [4.69, 9.17) is 11.6 Å². The fourth-order valence-electron chi connectivity index (χ4n) is 0.908. The van der Waals surface area contributed by atoms with Gasteiger partial charge in [-0.15, -0.1) is 10.2 Å². The lowest BCUT2D eigenvalue weighted by Crippen LogP contribution is -2.14. The van der Waals surface area contributed by atoms with Crippen molar-refractivity contribution < 1.29 is 4.79 Å². The molecule has 0 spiro atoms.